The van der Waals surface area contributed by atoms with Gasteiger partial charge < -0.3 is 0 Å². The van der Waals surface area contributed by atoms with Gasteiger partial charge in [-0.1, -0.05) is 0 Å². The fourth-order valence-corrected chi connectivity index (χ4v) is 6.50. The maximum atomic E-state index is 12.0. The molecule has 0 bridgehead atoms. The van der Waals surface area contributed by atoms with Gasteiger partial charge in [-0.3, -0.25) is 4.90 Å². The summed E-state index contributed by atoms with van der Waals surface area (Å²) in [4.78, 5) is 14.9. The molecule has 3 aliphatic rings. The average Bonchev–Trinajstić information content (AvgIpc) is 2.81. The minimum Gasteiger partial charge on any atom is -0.261 e. The van der Waals surface area contributed by atoms with Crippen molar-refractivity contribution in [3.63, 3.8) is 0 Å². The number of hydrogen-bond donors (Lipinski definition) is 0. The number of hydrogen-bond acceptors (Lipinski definition) is 10. The van der Waals surface area contributed by atoms with E-state index in [0.29, 0.717) is 33.8 Å². The largest absolute Gasteiger partial charge is 0.261 e. The molecule has 0 saturated carbocycles. The van der Waals surface area contributed by atoms with Gasteiger partial charge in [0.15, 0.2) is 0 Å². The predicted octanol–water partition coefficient (Wildman–Crippen LogP) is 4.35. The van der Waals surface area contributed by atoms with Gasteiger partial charge in [-0.25, -0.2) is 40.2 Å². The van der Waals surface area contributed by atoms with Gasteiger partial charge in [0.1, 0.15) is 17.5 Å². The van der Waals surface area contributed by atoms with Gasteiger partial charge in [0.25, 0.3) is 27.2 Å². The molecule has 10 nitrogen and oxygen atoms in total. The average molecular weight is 616 g/mol. The third-order valence-corrected chi connectivity index (χ3v) is 9.84. The lowest BCUT2D eigenvalue weighted by molar-refractivity contribution is 0.608. The summed E-state index contributed by atoms with van der Waals surface area (Å²) in [5, 5.41) is 0. The molecule has 0 amide bonds. The Morgan fingerprint density at radius 3 is 1.00 bits per heavy atom. The first-order chi connectivity index (χ1) is 17.2. The van der Waals surface area contributed by atoms with Crippen LogP contribution in [0, 0.1) is 0 Å². The number of amidine groups is 3. The van der Waals surface area contributed by atoms with Crippen molar-refractivity contribution in [1.82, 2.24) is 4.90 Å². The summed E-state index contributed by atoms with van der Waals surface area (Å²) in [6.45, 7) is 0. The van der Waals surface area contributed by atoms with Crippen LogP contribution in [0.2, 0.25) is 0 Å². The molecular weight excluding hydrogens is 607 g/mol. The van der Waals surface area contributed by atoms with Crippen LogP contribution in [0.1, 0.15) is 16.7 Å². The van der Waals surface area contributed by atoms with E-state index in [1.54, 1.807) is 0 Å². The molecule has 0 aromatic heterocycles. The number of fused-ring (bicyclic) bond motifs is 6. The molecule has 6 rings (SSSR count). The van der Waals surface area contributed by atoms with Gasteiger partial charge in [0.05, 0.1) is 31.7 Å². The molecule has 16 heteroatoms. The molecule has 3 aromatic carbocycles. The zero-order valence-corrected chi connectivity index (χ0v) is 22.5. The van der Waals surface area contributed by atoms with E-state index in [-0.39, 0.29) is 32.2 Å². The van der Waals surface area contributed by atoms with E-state index in [9.17, 15) is 25.3 Å². The number of halogens is 3. The lowest BCUT2D eigenvalue weighted by Crippen LogP contribution is -2.48. The summed E-state index contributed by atoms with van der Waals surface area (Å²) in [5.41, 5.74) is 1.93. The van der Waals surface area contributed by atoms with Crippen molar-refractivity contribution in [2.75, 3.05) is 0 Å². The molecule has 3 heterocycles. The van der Waals surface area contributed by atoms with Crippen LogP contribution >= 0.6 is 32.0 Å². The Morgan fingerprint density at radius 2 is 0.757 bits per heavy atom. The molecule has 0 spiro atoms. The van der Waals surface area contributed by atoms with Crippen molar-refractivity contribution >= 4 is 93.8 Å². The molecule has 0 N–H and O–H groups in total. The van der Waals surface area contributed by atoms with Gasteiger partial charge in [0, 0.05) is 48.7 Å². The van der Waals surface area contributed by atoms with E-state index in [2.05, 4.69) is 15.0 Å². The second-order valence-corrected chi connectivity index (χ2v) is 15.7. The van der Waals surface area contributed by atoms with E-state index in [1.165, 1.54) is 59.5 Å². The van der Waals surface area contributed by atoms with Gasteiger partial charge in [-0.15, -0.1) is 0 Å². The van der Waals surface area contributed by atoms with Gasteiger partial charge in [-0.05, 0) is 54.6 Å². The Labute approximate surface area is 223 Å². The minimum absolute atomic E-state index is 0.185. The predicted molar refractivity (Wildman–Crippen MR) is 139 cm³/mol. The van der Waals surface area contributed by atoms with Crippen LogP contribution in [0.25, 0.3) is 0 Å². The van der Waals surface area contributed by atoms with Crippen molar-refractivity contribution in [3.05, 3.63) is 71.3 Å². The molecule has 0 aliphatic carbocycles. The van der Waals surface area contributed by atoms with E-state index in [0.717, 1.165) is 0 Å². The van der Waals surface area contributed by atoms with Gasteiger partial charge in [0.2, 0.25) is 0 Å². The van der Waals surface area contributed by atoms with E-state index < -0.39 is 27.2 Å². The van der Waals surface area contributed by atoms with Crippen LogP contribution in [-0.4, -0.2) is 47.7 Å². The SMILES string of the molecule is O=S(=O)(Cl)c1ccc2c(c1)C1=Nc3ccc(S(=O)(=O)Cl)cc3C3=Nc4ccc(S(=O)(=O)Cl)cc4C(=N2)N13. The first kappa shape index (κ1) is 24.5. The van der Waals surface area contributed by atoms with E-state index in [4.69, 9.17) is 32.0 Å². The smallest absolute Gasteiger partial charge is 0.261 e. The van der Waals surface area contributed by atoms with Crippen LogP contribution in [0.3, 0.4) is 0 Å². The molecule has 0 atom stereocenters. The Morgan fingerprint density at radius 1 is 0.486 bits per heavy atom. The highest BCUT2D eigenvalue weighted by Crippen LogP contribution is 2.43. The van der Waals surface area contributed by atoms with Gasteiger partial charge in [-0.2, -0.15) is 0 Å². The zero-order valence-electron chi connectivity index (χ0n) is 17.8. The Bertz CT molecular complexity index is 1790. The topological polar surface area (TPSA) is 143 Å². The van der Waals surface area contributed by atoms with Crippen LogP contribution in [-0.2, 0) is 27.2 Å². The molecule has 3 aromatic rings. The lowest BCUT2D eigenvalue weighted by atomic mass is 9.98. The van der Waals surface area contributed by atoms with Crippen LogP contribution in [0.5, 0.6) is 0 Å². The molecule has 37 heavy (non-hydrogen) atoms. The first-order valence-electron chi connectivity index (χ1n) is 10.1. The van der Waals surface area contributed by atoms with Gasteiger partial charge >= 0.3 is 0 Å². The van der Waals surface area contributed by atoms with Crippen molar-refractivity contribution < 1.29 is 25.3 Å². The maximum Gasteiger partial charge on any atom is 0.261 e. The highest BCUT2D eigenvalue weighted by molar-refractivity contribution is 8.14. The Hall–Kier alpha value is -2.81. The lowest BCUT2D eigenvalue weighted by Gasteiger charge is -2.38. The monoisotopic (exact) mass is 614 g/mol. The third kappa shape index (κ3) is 3.97. The number of aliphatic imine (C=N–C) groups is 3. The summed E-state index contributed by atoms with van der Waals surface area (Å²) in [6, 6.07) is 12.1. The standard InChI is InChI=1S/C21H9Cl3N4O6S3/c22-35(29,30)10-1-4-16-13(7-10)19-26-18-6-3-12(37(24,33)34)9-15(18)21-27-17-5-2-11(36(23,31)32)8-14(17)20(25-16)28(19)21/h1-9H. The highest BCUT2D eigenvalue weighted by atomic mass is 35.7. The first-order valence-corrected chi connectivity index (χ1v) is 17.0. The summed E-state index contributed by atoms with van der Waals surface area (Å²) < 4.78 is 72.1. The van der Waals surface area contributed by atoms with Crippen LogP contribution < -0.4 is 0 Å². The summed E-state index contributed by atoms with van der Waals surface area (Å²) >= 11 is 0. The van der Waals surface area contributed by atoms with Crippen molar-refractivity contribution in [2.24, 2.45) is 15.0 Å². The number of benzene rings is 3. The maximum absolute atomic E-state index is 12.0. The molecular formula is C21H9Cl3N4O6S3. The quantitative estimate of drug-likeness (QED) is 0.399. The van der Waals surface area contributed by atoms with Crippen LogP contribution in [0.15, 0.2) is 84.3 Å². The molecule has 3 aliphatic heterocycles. The van der Waals surface area contributed by atoms with Crippen LogP contribution in [0.4, 0.5) is 17.1 Å². The van der Waals surface area contributed by atoms with Crippen molar-refractivity contribution in [3.8, 4) is 0 Å². The molecule has 188 valence electrons. The zero-order chi connectivity index (χ0) is 26.5. The van der Waals surface area contributed by atoms with Crippen molar-refractivity contribution in [1.29, 1.82) is 0 Å². The second kappa shape index (κ2) is 7.85. The van der Waals surface area contributed by atoms with E-state index in [1.807, 2.05) is 0 Å². The third-order valence-electron chi connectivity index (χ3n) is 5.79. The van der Waals surface area contributed by atoms with Crippen molar-refractivity contribution in [2.45, 2.75) is 14.7 Å². The Balaban J connectivity index is 1.72. The molecule has 0 radical (unpaired) electrons. The summed E-state index contributed by atoms with van der Waals surface area (Å²) in [7, 11) is 4.42. The van der Waals surface area contributed by atoms with E-state index >= 15 is 0 Å². The fourth-order valence-electron chi connectivity index (χ4n) is 4.17. The highest BCUT2D eigenvalue weighted by Gasteiger charge is 2.40. The molecule has 0 fully saturated rings. The fraction of sp³-hybridized carbons (Fsp3) is 0. The molecule has 0 saturated heterocycles. The summed E-state index contributed by atoms with van der Waals surface area (Å²) in [6.07, 6.45) is 0. The Kier molecular flexibility index (Phi) is 5.20. The number of nitrogens with zero attached hydrogens (tertiary/aromatic N) is 4. The second-order valence-electron chi connectivity index (χ2n) is 7.99. The summed E-state index contributed by atoms with van der Waals surface area (Å²) in [5.74, 6) is 0.666. The normalized spacial score (nSPS) is 16.0. The number of rotatable bonds is 3. The molecule has 0 unspecified atom stereocenters. The minimum atomic E-state index is -4.09.